The Morgan fingerprint density at radius 3 is 2.94 bits per heavy atom. The SMILES string of the molecule is CC/C=C/Oc1c(C)cccc1NC(=O)CCO. The van der Waals surface area contributed by atoms with Crippen LogP contribution < -0.4 is 10.1 Å². The lowest BCUT2D eigenvalue weighted by molar-refractivity contribution is -0.116. The van der Waals surface area contributed by atoms with E-state index < -0.39 is 0 Å². The summed E-state index contributed by atoms with van der Waals surface area (Å²) in [5.41, 5.74) is 1.56. The maximum atomic E-state index is 11.5. The van der Waals surface area contributed by atoms with Crippen LogP contribution >= 0.6 is 0 Å². The molecule has 0 saturated heterocycles. The molecule has 0 fully saturated rings. The molecule has 0 aliphatic rings. The Morgan fingerprint density at radius 2 is 2.28 bits per heavy atom. The first-order valence-electron chi connectivity index (χ1n) is 6.01. The summed E-state index contributed by atoms with van der Waals surface area (Å²) in [4.78, 5) is 11.5. The molecular weight excluding hydrogens is 230 g/mol. The number of carbonyl (C=O) groups is 1. The molecule has 0 unspecified atom stereocenters. The average molecular weight is 249 g/mol. The molecule has 0 bridgehead atoms. The highest BCUT2D eigenvalue weighted by atomic mass is 16.5. The number of benzene rings is 1. The van der Waals surface area contributed by atoms with Gasteiger partial charge in [0.15, 0.2) is 5.75 Å². The Kier molecular flexibility index (Phi) is 5.94. The number of allylic oxidation sites excluding steroid dienone is 1. The maximum Gasteiger partial charge on any atom is 0.226 e. The summed E-state index contributed by atoms with van der Waals surface area (Å²) in [6.07, 6.45) is 4.48. The molecule has 0 saturated carbocycles. The average Bonchev–Trinajstić information content (AvgIpc) is 2.33. The molecule has 0 atom stereocenters. The number of hydrogen-bond acceptors (Lipinski definition) is 3. The van der Waals surface area contributed by atoms with Gasteiger partial charge in [-0.1, -0.05) is 19.1 Å². The molecule has 0 aliphatic carbocycles. The van der Waals surface area contributed by atoms with E-state index in [1.807, 2.05) is 32.1 Å². The molecule has 0 aromatic heterocycles. The first-order chi connectivity index (χ1) is 8.69. The van der Waals surface area contributed by atoms with Crippen LogP contribution in [-0.4, -0.2) is 17.6 Å². The Balaban J connectivity index is 2.86. The number of anilines is 1. The minimum absolute atomic E-state index is 0.0815. The zero-order valence-electron chi connectivity index (χ0n) is 10.8. The van der Waals surface area contributed by atoms with Crippen molar-refractivity contribution < 1.29 is 14.6 Å². The van der Waals surface area contributed by atoms with Crippen LogP contribution in [0.25, 0.3) is 0 Å². The molecule has 98 valence electrons. The van der Waals surface area contributed by atoms with Crippen LogP contribution in [0, 0.1) is 6.92 Å². The van der Waals surface area contributed by atoms with Crippen molar-refractivity contribution in [3.05, 3.63) is 36.1 Å². The van der Waals surface area contributed by atoms with E-state index >= 15 is 0 Å². The van der Waals surface area contributed by atoms with Gasteiger partial charge in [-0.2, -0.15) is 0 Å². The third kappa shape index (κ3) is 4.22. The second-order valence-corrected chi connectivity index (χ2v) is 3.87. The third-order valence-electron chi connectivity index (χ3n) is 2.34. The highest BCUT2D eigenvalue weighted by molar-refractivity contribution is 5.92. The zero-order valence-corrected chi connectivity index (χ0v) is 10.8. The van der Waals surface area contributed by atoms with E-state index in [2.05, 4.69) is 5.32 Å². The van der Waals surface area contributed by atoms with Crippen molar-refractivity contribution in [3.8, 4) is 5.75 Å². The van der Waals surface area contributed by atoms with Crippen molar-refractivity contribution in [2.45, 2.75) is 26.7 Å². The quantitative estimate of drug-likeness (QED) is 0.762. The van der Waals surface area contributed by atoms with E-state index in [0.29, 0.717) is 11.4 Å². The van der Waals surface area contributed by atoms with Crippen LogP contribution in [0.4, 0.5) is 5.69 Å². The normalized spacial score (nSPS) is 10.6. The third-order valence-corrected chi connectivity index (χ3v) is 2.34. The number of carbonyl (C=O) groups excluding carboxylic acids is 1. The molecule has 1 aromatic carbocycles. The summed E-state index contributed by atoms with van der Waals surface area (Å²) in [6.45, 7) is 3.77. The van der Waals surface area contributed by atoms with Gasteiger partial charge in [-0.25, -0.2) is 0 Å². The molecule has 1 amide bonds. The van der Waals surface area contributed by atoms with Crippen LogP contribution in [0.2, 0.25) is 0 Å². The smallest absolute Gasteiger partial charge is 0.226 e. The number of aliphatic hydroxyl groups excluding tert-OH is 1. The van der Waals surface area contributed by atoms with Gasteiger partial charge in [0.25, 0.3) is 0 Å². The van der Waals surface area contributed by atoms with Gasteiger partial charge < -0.3 is 15.2 Å². The van der Waals surface area contributed by atoms with Gasteiger partial charge in [0.05, 0.1) is 25.0 Å². The van der Waals surface area contributed by atoms with Gasteiger partial charge in [0.2, 0.25) is 5.91 Å². The molecule has 0 radical (unpaired) electrons. The van der Waals surface area contributed by atoms with E-state index in [1.165, 1.54) is 0 Å². The van der Waals surface area contributed by atoms with Crippen molar-refractivity contribution in [1.82, 2.24) is 0 Å². The number of hydrogen-bond donors (Lipinski definition) is 2. The fraction of sp³-hybridized carbons (Fsp3) is 0.357. The number of aliphatic hydroxyl groups is 1. The molecule has 0 aliphatic heterocycles. The number of ether oxygens (including phenoxy) is 1. The molecular formula is C14H19NO3. The minimum Gasteiger partial charge on any atom is -0.463 e. The van der Waals surface area contributed by atoms with Crippen molar-refractivity contribution in [1.29, 1.82) is 0 Å². The van der Waals surface area contributed by atoms with E-state index in [9.17, 15) is 4.79 Å². The lowest BCUT2D eigenvalue weighted by atomic mass is 10.2. The van der Waals surface area contributed by atoms with Gasteiger partial charge >= 0.3 is 0 Å². The fourth-order valence-electron chi connectivity index (χ4n) is 1.43. The van der Waals surface area contributed by atoms with Gasteiger partial charge in [-0.15, -0.1) is 0 Å². The Morgan fingerprint density at radius 1 is 1.50 bits per heavy atom. The number of amides is 1. The lowest BCUT2D eigenvalue weighted by Gasteiger charge is -2.12. The Hall–Kier alpha value is -1.81. The molecule has 18 heavy (non-hydrogen) atoms. The predicted octanol–water partition coefficient (Wildman–Crippen LogP) is 2.62. The van der Waals surface area contributed by atoms with Crippen LogP contribution in [0.15, 0.2) is 30.5 Å². The van der Waals surface area contributed by atoms with Crippen molar-refractivity contribution in [2.24, 2.45) is 0 Å². The maximum absolute atomic E-state index is 11.5. The van der Waals surface area contributed by atoms with Crippen LogP contribution in [0.5, 0.6) is 5.75 Å². The van der Waals surface area contributed by atoms with Crippen molar-refractivity contribution in [2.75, 3.05) is 11.9 Å². The highest BCUT2D eigenvalue weighted by Gasteiger charge is 2.09. The standard InChI is InChI=1S/C14H19NO3/c1-3-4-10-18-14-11(2)6-5-7-12(14)15-13(17)8-9-16/h4-7,10,16H,3,8-9H2,1-2H3,(H,15,17)/b10-4+. The Bertz CT molecular complexity index is 427. The van der Waals surface area contributed by atoms with Gasteiger partial charge in [-0.3, -0.25) is 4.79 Å². The topological polar surface area (TPSA) is 58.6 Å². The molecule has 1 aromatic rings. The summed E-state index contributed by atoms with van der Waals surface area (Å²) in [7, 11) is 0. The summed E-state index contributed by atoms with van der Waals surface area (Å²) >= 11 is 0. The molecule has 1 rings (SSSR count). The van der Waals surface area contributed by atoms with Gasteiger partial charge in [-0.05, 0) is 31.1 Å². The van der Waals surface area contributed by atoms with E-state index in [1.54, 1.807) is 12.3 Å². The largest absolute Gasteiger partial charge is 0.463 e. The Labute approximate surface area is 107 Å². The first kappa shape index (κ1) is 14.3. The van der Waals surface area contributed by atoms with Crippen molar-refractivity contribution in [3.63, 3.8) is 0 Å². The summed E-state index contributed by atoms with van der Waals surface area (Å²) < 4.78 is 5.53. The van der Waals surface area contributed by atoms with Gasteiger partial charge in [0, 0.05) is 0 Å². The van der Waals surface area contributed by atoms with Crippen LogP contribution in [0.3, 0.4) is 0 Å². The zero-order chi connectivity index (χ0) is 13.4. The highest BCUT2D eigenvalue weighted by Crippen LogP contribution is 2.28. The molecule has 0 heterocycles. The van der Waals surface area contributed by atoms with E-state index in [0.717, 1.165) is 12.0 Å². The van der Waals surface area contributed by atoms with Crippen LogP contribution in [-0.2, 0) is 4.79 Å². The lowest BCUT2D eigenvalue weighted by Crippen LogP contribution is -2.13. The van der Waals surface area contributed by atoms with Gasteiger partial charge in [0.1, 0.15) is 0 Å². The van der Waals surface area contributed by atoms with Crippen molar-refractivity contribution >= 4 is 11.6 Å². The molecule has 4 heteroatoms. The summed E-state index contributed by atoms with van der Waals surface area (Å²) in [5, 5.41) is 11.4. The minimum atomic E-state index is -0.229. The monoisotopic (exact) mass is 249 g/mol. The second-order valence-electron chi connectivity index (χ2n) is 3.87. The van der Waals surface area contributed by atoms with E-state index in [-0.39, 0.29) is 18.9 Å². The number of rotatable bonds is 6. The number of aryl methyl sites for hydroxylation is 1. The molecule has 2 N–H and O–H groups in total. The molecule has 4 nitrogen and oxygen atoms in total. The predicted molar refractivity (Wildman–Crippen MR) is 71.6 cm³/mol. The first-order valence-corrected chi connectivity index (χ1v) is 6.01. The molecule has 0 spiro atoms. The summed E-state index contributed by atoms with van der Waals surface area (Å²) in [6, 6.07) is 5.54. The second kappa shape index (κ2) is 7.50. The number of para-hydroxylation sites is 1. The number of nitrogens with one attached hydrogen (secondary N) is 1. The van der Waals surface area contributed by atoms with E-state index in [4.69, 9.17) is 9.84 Å². The fourth-order valence-corrected chi connectivity index (χ4v) is 1.43. The summed E-state index contributed by atoms with van der Waals surface area (Å²) in [5.74, 6) is 0.404. The van der Waals surface area contributed by atoms with Crippen LogP contribution in [0.1, 0.15) is 25.3 Å².